The van der Waals surface area contributed by atoms with Gasteiger partial charge in [0, 0.05) is 18.7 Å². The number of carbonyl (C=O) groups excluding carboxylic acids is 1. The minimum atomic E-state index is -4.43. The van der Waals surface area contributed by atoms with Crippen LogP contribution in [-0.2, 0) is 10.9 Å². The van der Waals surface area contributed by atoms with Crippen molar-refractivity contribution in [1.82, 2.24) is 4.98 Å². The molecule has 2 rings (SSSR count). The third-order valence-corrected chi connectivity index (χ3v) is 2.64. The molecule has 1 aromatic heterocycles. The van der Waals surface area contributed by atoms with Gasteiger partial charge in [0.1, 0.15) is 5.69 Å². The van der Waals surface area contributed by atoms with Crippen LogP contribution in [0.3, 0.4) is 0 Å². The summed E-state index contributed by atoms with van der Waals surface area (Å²) in [6.07, 6.45) is -3.14. The van der Waals surface area contributed by atoms with Gasteiger partial charge in [-0.2, -0.15) is 13.2 Å². The number of nitrogens with zero attached hydrogens (tertiary/aromatic N) is 1. The minimum Gasteiger partial charge on any atom is -0.381 e. The van der Waals surface area contributed by atoms with E-state index in [-0.39, 0.29) is 17.4 Å². The Morgan fingerprint density at radius 2 is 2.18 bits per heavy atom. The fourth-order valence-electron chi connectivity index (χ4n) is 1.66. The van der Waals surface area contributed by atoms with Crippen LogP contribution in [0.4, 0.5) is 13.2 Å². The SMILES string of the molecule is O=C(c1ccc(C(F)(F)F)cn1)C1CCOC1. The number of rotatable bonds is 2. The molecule has 2 heterocycles. The highest BCUT2D eigenvalue weighted by molar-refractivity contribution is 5.96. The molecule has 0 bridgehead atoms. The maximum absolute atomic E-state index is 12.3. The molecular formula is C11H10F3NO2. The summed E-state index contributed by atoms with van der Waals surface area (Å²) < 4.78 is 41.9. The van der Waals surface area contributed by atoms with Crippen molar-refractivity contribution >= 4 is 5.78 Å². The van der Waals surface area contributed by atoms with E-state index in [1.54, 1.807) is 0 Å². The summed E-state index contributed by atoms with van der Waals surface area (Å²) >= 11 is 0. The number of hydrogen-bond acceptors (Lipinski definition) is 3. The molecule has 1 atom stereocenters. The first-order valence-corrected chi connectivity index (χ1v) is 5.13. The van der Waals surface area contributed by atoms with Gasteiger partial charge in [0.2, 0.25) is 0 Å². The summed E-state index contributed by atoms with van der Waals surface area (Å²) in [7, 11) is 0. The third kappa shape index (κ3) is 2.63. The fourth-order valence-corrected chi connectivity index (χ4v) is 1.66. The highest BCUT2D eigenvalue weighted by Gasteiger charge is 2.31. The van der Waals surface area contributed by atoms with E-state index in [2.05, 4.69) is 4.98 Å². The number of hydrogen-bond donors (Lipinski definition) is 0. The van der Waals surface area contributed by atoms with E-state index in [1.165, 1.54) is 0 Å². The topological polar surface area (TPSA) is 39.2 Å². The second-order valence-corrected chi connectivity index (χ2v) is 3.85. The highest BCUT2D eigenvalue weighted by Crippen LogP contribution is 2.28. The first kappa shape index (κ1) is 12.0. The molecule has 0 amide bonds. The fraction of sp³-hybridized carbons (Fsp3) is 0.455. The van der Waals surface area contributed by atoms with E-state index in [0.717, 1.165) is 12.1 Å². The van der Waals surface area contributed by atoms with Gasteiger partial charge >= 0.3 is 6.18 Å². The lowest BCUT2D eigenvalue weighted by molar-refractivity contribution is -0.137. The quantitative estimate of drug-likeness (QED) is 0.750. The lowest BCUT2D eigenvalue weighted by Crippen LogP contribution is -2.16. The number of ketones is 1. The summed E-state index contributed by atoms with van der Waals surface area (Å²) in [5.74, 6) is -0.532. The van der Waals surface area contributed by atoms with Crippen molar-refractivity contribution in [2.45, 2.75) is 12.6 Å². The Labute approximate surface area is 95.6 Å². The number of halogens is 3. The number of Topliss-reactive ketones (excluding diaryl/α,β-unsaturated/α-hetero) is 1. The van der Waals surface area contributed by atoms with Crippen molar-refractivity contribution in [2.24, 2.45) is 5.92 Å². The molecule has 1 saturated heterocycles. The summed E-state index contributed by atoms with van der Waals surface area (Å²) in [5, 5.41) is 0. The van der Waals surface area contributed by atoms with Gasteiger partial charge in [-0.3, -0.25) is 9.78 Å². The van der Waals surface area contributed by atoms with Gasteiger partial charge in [0.15, 0.2) is 5.78 Å². The molecule has 1 fully saturated rings. The van der Waals surface area contributed by atoms with Crippen molar-refractivity contribution < 1.29 is 22.7 Å². The molecule has 6 heteroatoms. The zero-order chi connectivity index (χ0) is 12.5. The van der Waals surface area contributed by atoms with Crippen LogP contribution in [-0.4, -0.2) is 24.0 Å². The zero-order valence-corrected chi connectivity index (χ0v) is 8.83. The Kier molecular flexibility index (Phi) is 3.15. The van der Waals surface area contributed by atoms with Gasteiger partial charge in [-0.1, -0.05) is 0 Å². The molecule has 1 aliphatic rings. The second kappa shape index (κ2) is 4.44. The summed E-state index contributed by atoms with van der Waals surface area (Å²) in [4.78, 5) is 15.3. The van der Waals surface area contributed by atoms with Gasteiger partial charge in [-0.25, -0.2) is 0 Å². The van der Waals surface area contributed by atoms with E-state index >= 15 is 0 Å². The van der Waals surface area contributed by atoms with Crippen molar-refractivity contribution in [1.29, 1.82) is 0 Å². The molecule has 0 spiro atoms. The van der Waals surface area contributed by atoms with Gasteiger partial charge < -0.3 is 4.74 Å². The van der Waals surface area contributed by atoms with Crippen molar-refractivity contribution in [3.8, 4) is 0 Å². The number of alkyl halides is 3. The first-order valence-electron chi connectivity index (χ1n) is 5.13. The van der Waals surface area contributed by atoms with Gasteiger partial charge in [-0.15, -0.1) is 0 Å². The van der Waals surface area contributed by atoms with Gasteiger partial charge in [0.05, 0.1) is 12.2 Å². The largest absolute Gasteiger partial charge is 0.417 e. The predicted octanol–water partition coefficient (Wildman–Crippen LogP) is 2.32. The van der Waals surface area contributed by atoms with Gasteiger partial charge in [0.25, 0.3) is 0 Å². The van der Waals surface area contributed by atoms with Crippen LogP contribution in [0.25, 0.3) is 0 Å². The molecule has 0 saturated carbocycles. The highest BCUT2D eigenvalue weighted by atomic mass is 19.4. The van der Waals surface area contributed by atoms with Gasteiger partial charge in [-0.05, 0) is 18.6 Å². The molecule has 17 heavy (non-hydrogen) atoms. The van der Waals surface area contributed by atoms with Crippen molar-refractivity contribution in [2.75, 3.05) is 13.2 Å². The van der Waals surface area contributed by atoms with E-state index in [1.807, 2.05) is 0 Å². The standard InChI is InChI=1S/C11H10F3NO2/c12-11(13,14)8-1-2-9(15-5-8)10(16)7-3-4-17-6-7/h1-2,5,7H,3-4,6H2. The summed E-state index contributed by atoms with van der Waals surface area (Å²) in [6.45, 7) is 0.832. The number of carbonyl (C=O) groups is 1. The Hall–Kier alpha value is -1.43. The van der Waals surface area contributed by atoms with Crippen LogP contribution < -0.4 is 0 Å². The Morgan fingerprint density at radius 3 is 2.65 bits per heavy atom. The first-order chi connectivity index (χ1) is 7.98. The molecule has 0 aromatic carbocycles. The molecule has 3 nitrogen and oxygen atoms in total. The third-order valence-electron chi connectivity index (χ3n) is 2.64. The molecule has 1 aliphatic heterocycles. The maximum Gasteiger partial charge on any atom is 0.417 e. The normalized spacial score (nSPS) is 20.5. The molecule has 1 aromatic rings. The number of pyridine rings is 1. The Balaban J connectivity index is 2.15. The molecule has 0 N–H and O–H groups in total. The lowest BCUT2D eigenvalue weighted by Gasteiger charge is -2.08. The zero-order valence-electron chi connectivity index (χ0n) is 8.83. The predicted molar refractivity (Wildman–Crippen MR) is 52.5 cm³/mol. The summed E-state index contributed by atoms with van der Waals surface area (Å²) in [6, 6.07) is 1.99. The minimum absolute atomic E-state index is 0.0634. The van der Waals surface area contributed by atoms with Crippen LogP contribution in [0.15, 0.2) is 18.3 Å². The molecule has 1 unspecified atom stereocenters. The Morgan fingerprint density at radius 1 is 1.41 bits per heavy atom. The Bertz CT molecular complexity index is 408. The maximum atomic E-state index is 12.3. The number of ether oxygens (including phenoxy) is 1. The van der Waals surface area contributed by atoms with E-state index in [0.29, 0.717) is 25.8 Å². The average Bonchev–Trinajstić information content (AvgIpc) is 2.80. The van der Waals surface area contributed by atoms with Crippen LogP contribution in [0.1, 0.15) is 22.5 Å². The molecule has 0 aliphatic carbocycles. The van der Waals surface area contributed by atoms with Crippen LogP contribution >= 0.6 is 0 Å². The van der Waals surface area contributed by atoms with E-state index in [4.69, 9.17) is 4.74 Å². The van der Waals surface area contributed by atoms with Crippen LogP contribution in [0.2, 0.25) is 0 Å². The molecule has 0 radical (unpaired) electrons. The smallest absolute Gasteiger partial charge is 0.381 e. The molecular weight excluding hydrogens is 235 g/mol. The van der Waals surface area contributed by atoms with Crippen molar-refractivity contribution in [3.05, 3.63) is 29.6 Å². The number of aromatic nitrogens is 1. The summed E-state index contributed by atoms with van der Waals surface area (Å²) in [5.41, 5.74) is -0.787. The van der Waals surface area contributed by atoms with Crippen LogP contribution in [0, 0.1) is 5.92 Å². The molecule has 92 valence electrons. The van der Waals surface area contributed by atoms with Crippen LogP contribution in [0.5, 0.6) is 0 Å². The average molecular weight is 245 g/mol. The van der Waals surface area contributed by atoms with Crippen molar-refractivity contribution in [3.63, 3.8) is 0 Å². The lowest BCUT2D eigenvalue weighted by atomic mass is 10.0. The van der Waals surface area contributed by atoms with E-state index in [9.17, 15) is 18.0 Å². The monoisotopic (exact) mass is 245 g/mol. The van der Waals surface area contributed by atoms with E-state index < -0.39 is 11.7 Å². The second-order valence-electron chi connectivity index (χ2n) is 3.85.